The molecule has 0 saturated heterocycles. The molecule has 3 rings (SSSR count). The minimum Gasteiger partial charge on any atom is -0.366 e. The van der Waals surface area contributed by atoms with Gasteiger partial charge < -0.3 is 5.73 Å². The van der Waals surface area contributed by atoms with E-state index in [0.29, 0.717) is 10.8 Å². The van der Waals surface area contributed by atoms with Gasteiger partial charge in [-0.2, -0.15) is 4.98 Å². The molecule has 0 amide bonds. The van der Waals surface area contributed by atoms with E-state index in [0.717, 1.165) is 11.3 Å². The van der Waals surface area contributed by atoms with Gasteiger partial charge >= 0.3 is 0 Å². The van der Waals surface area contributed by atoms with Crippen molar-refractivity contribution < 1.29 is 0 Å². The summed E-state index contributed by atoms with van der Waals surface area (Å²) in [6.07, 6.45) is 0. The van der Waals surface area contributed by atoms with Crippen LogP contribution >= 0.6 is 11.6 Å². The number of hydrogen-bond acceptors (Lipinski definition) is 3. The molecule has 2 aromatic carbocycles. The summed E-state index contributed by atoms with van der Waals surface area (Å²) in [4.78, 5) is 4.30. The lowest BCUT2D eigenvalue weighted by Crippen LogP contribution is -2.00. The van der Waals surface area contributed by atoms with Crippen LogP contribution in [0.3, 0.4) is 0 Å². The van der Waals surface area contributed by atoms with E-state index in [1.54, 1.807) is 4.68 Å². The summed E-state index contributed by atoms with van der Waals surface area (Å²) < 4.78 is 1.73. The van der Waals surface area contributed by atoms with Crippen molar-refractivity contribution in [3.05, 3.63) is 59.1 Å². The Hall–Kier alpha value is -2.33. The Bertz CT molecular complexity index is 667. The number of aryl methyl sites for hydroxylation is 1. The van der Waals surface area contributed by atoms with Crippen LogP contribution in [0.5, 0.6) is 0 Å². The van der Waals surface area contributed by atoms with Crippen molar-refractivity contribution in [3.8, 4) is 17.1 Å². The third kappa shape index (κ3) is 2.38. The van der Waals surface area contributed by atoms with Gasteiger partial charge in [0.25, 0.3) is 0 Å². The lowest BCUT2D eigenvalue weighted by Gasteiger charge is -2.06. The van der Waals surface area contributed by atoms with E-state index in [4.69, 9.17) is 17.3 Å². The van der Waals surface area contributed by atoms with Crippen LogP contribution in [-0.4, -0.2) is 14.8 Å². The van der Waals surface area contributed by atoms with Gasteiger partial charge in [-0.25, -0.2) is 4.68 Å². The summed E-state index contributed by atoms with van der Waals surface area (Å²) in [5.74, 6) is 0.943. The van der Waals surface area contributed by atoms with E-state index in [9.17, 15) is 0 Å². The number of anilines is 1. The Kier molecular flexibility index (Phi) is 3.16. The number of benzene rings is 2. The van der Waals surface area contributed by atoms with E-state index < -0.39 is 0 Å². The molecule has 0 atom stereocenters. The molecule has 100 valence electrons. The van der Waals surface area contributed by atoms with Crippen LogP contribution in [0.1, 0.15) is 5.56 Å². The van der Waals surface area contributed by atoms with Crippen LogP contribution in [0.2, 0.25) is 5.02 Å². The van der Waals surface area contributed by atoms with Gasteiger partial charge in [0.15, 0.2) is 5.82 Å². The predicted octanol–water partition coefficient (Wildman–Crippen LogP) is 3.48. The smallest absolute Gasteiger partial charge is 0.240 e. The van der Waals surface area contributed by atoms with Crippen molar-refractivity contribution in [1.29, 1.82) is 0 Å². The molecule has 0 radical (unpaired) electrons. The summed E-state index contributed by atoms with van der Waals surface area (Å²) >= 11 is 5.91. The Balaban J connectivity index is 2.12. The lowest BCUT2D eigenvalue weighted by molar-refractivity contribution is 0.891. The fourth-order valence-electron chi connectivity index (χ4n) is 1.98. The summed E-state index contributed by atoms with van der Waals surface area (Å²) in [6.45, 7) is 2.04. The van der Waals surface area contributed by atoms with Gasteiger partial charge in [0, 0.05) is 10.6 Å². The van der Waals surface area contributed by atoms with Crippen LogP contribution in [0.15, 0.2) is 48.5 Å². The molecule has 0 spiro atoms. The highest BCUT2D eigenvalue weighted by molar-refractivity contribution is 6.30. The molecular formula is C15H13ClN4. The fourth-order valence-corrected chi connectivity index (χ4v) is 2.11. The number of nitrogen functional groups attached to an aromatic ring is 1. The second kappa shape index (κ2) is 4.98. The summed E-state index contributed by atoms with van der Waals surface area (Å²) in [5, 5.41) is 4.94. The third-order valence-electron chi connectivity index (χ3n) is 3.00. The molecule has 1 aromatic heterocycles. The third-order valence-corrected chi connectivity index (χ3v) is 3.26. The SMILES string of the molecule is Cc1ccc(-n2nc(N)nc2-c2ccc(Cl)cc2)cc1. The fraction of sp³-hybridized carbons (Fsp3) is 0.0667. The zero-order chi connectivity index (χ0) is 14.1. The highest BCUT2D eigenvalue weighted by atomic mass is 35.5. The first-order chi connectivity index (χ1) is 9.63. The number of nitrogens with zero attached hydrogens (tertiary/aromatic N) is 3. The summed E-state index contributed by atoms with van der Waals surface area (Å²) in [7, 11) is 0. The number of nitrogens with two attached hydrogens (primary N) is 1. The quantitative estimate of drug-likeness (QED) is 0.784. The topological polar surface area (TPSA) is 56.7 Å². The number of hydrogen-bond donors (Lipinski definition) is 1. The van der Waals surface area contributed by atoms with Crippen molar-refractivity contribution in [2.75, 3.05) is 5.73 Å². The molecule has 0 saturated carbocycles. The van der Waals surface area contributed by atoms with E-state index in [1.807, 2.05) is 55.5 Å². The Labute approximate surface area is 121 Å². The lowest BCUT2D eigenvalue weighted by atomic mass is 10.2. The van der Waals surface area contributed by atoms with Crippen LogP contribution in [-0.2, 0) is 0 Å². The van der Waals surface area contributed by atoms with E-state index in [-0.39, 0.29) is 5.95 Å². The maximum atomic E-state index is 5.91. The first-order valence-corrected chi connectivity index (χ1v) is 6.57. The minimum absolute atomic E-state index is 0.246. The molecule has 0 bridgehead atoms. The van der Waals surface area contributed by atoms with Gasteiger partial charge in [-0.05, 0) is 43.3 Å². The Morgan fingerprint density at radius 2 is 1.65 bits per heavy atom. The number of aromatic nitrogens is 3. The largest absolute Gasteiger partial charge is 0.366 e. The highest BCUT2D eigenvalue weighted by Gasteiger charge is 2.11. The first-order valence-electron chi connectivity index (χ1n) is 6.19. The van der Waals surface area contributed by atoms with Crippen LogP contribution < -0.4 is 5.73 Å². The van der Waals surface area contributed by atoms with Crippen molar-refractivity contribution in [1.82, 2.24) is 14.8 Å². The summed E-state index contributed by atoms with van der Waals surface area (Å²) in [5.41, 5.74) is 8.77. The molecule has 0 fully saturated rings. The molecule has 0 aliphatic heterocycles. The predicted molar refractivity (Wildman–Crippen MR) is 81.0 cm³/mol. The standard InChI is InChI=1S/C15H13ClN4/c1-10-2-8-13(9-3-10)20-14(18-15(17)19-20)11-4-6-12(16)7-5-11/h2-9H,1H3,(H2,17,19). The van der Waals surface area contributed by atoms with E-state index >= 15 is 0 Å². The normalized spacial score (nSPS) is 10.7. The highest BCUT2D eigenvalue weighted by Crippen LogP contribution is 2.23. The van der Waals surface area contributed by atoms with Gasteiger partial charge in [0.1, 0.15) is 0 Å². The number of rotatable bonds is 2. The van der Waals surface area contributed by atoms with Crippen molar-refractivity contribution in [2.24, 2.45) is 0 Å². The Morgan fingerprint density at radius 1 is 1.00 bits per heavy atom. The minimum atomic E-state index is 0.246. The first kappa shape index (κ1) is 12.7. The van der Waals surface area contributed by atoms with Gasteiger partial charge in [-0.15, -0.1) is 5.10 Å². The monoisotopic (exact) mass is 284 g/mol. The Morgan fingerprint density at radius 3 is 2.30 bits per heavy atom. The maximum absolute atomic E-state index is 5.91. The van der Waals surface area contributed by atoms with Gasteiger partial charge in [-0.3, -0.25) is 0 Å². The molecule has 3 aromatic rings. The van der Waals surface area contributed by atoms with Crippen molar-refractivity contribution in [2.45, 2.75) is 6.92 Å². The second-order valence-electron chi connectivity index (χ2n) is 4.55. The molecule has 0 aliphatic carbocycles. The summed E-state index contributed by atoms with van der Waals surface area (Å²) in [6, 6.07) is 15.5. The second-order valence-corrected chi connectivity index (χ2v) is 4.98. The maximum Gasteiger partial charge on any atom is 0.240 e. The van der Waals surface area contributed by atoms with Crippen LogP contribution in [0, 0.1) is 6.92 Å². The van der Waals surface area contributed by atoms with Gasteiger partial charge in [-0.1, -0.05) is 29.3 Å². The zero-order valence-electron chi connectivity index (χ0n) is 10.9. The molecule has 1 heterocycles. The average molecular weight is 285 g/mol. The molecule has 0 unspecified atom stereocenters. The van der Waals surface area contributed by atoms with Crippen LogP contribution in [0.25, 0.3) is 17.1 Å². The van der Waals surface area contributed by atoms with Gasteiger partial charge in [0.2, 0.25) is 5.95 Å². The van der Waals surface area contributed by atoms with Crippen LogP contribution in [0.4, 0.5) is 5.95 Å². The molecule has 4 nitrogen and oxygen atoms in total. The molecular weight excluding hydrogens is 272 g/mol. The van der Waals surface area contributed by atoms with E-state index in [1.165, 1.54) is 5.56 Å². The number of halogens is 1. The van der Waals surface area contributed by atoms with Gasteiger partial charge in [0.05, 0.1) is 5.69 Å². The zero-order valence-corrected chi connectivity index (χ0v) is 11.7. The molecule has 20 heavy (non-hydrogen) atoms. The van der Waals surface area contributed by atoms with Crippen molar-refractivity contribution in [3.63, 3.8) is 0 Å². The van der Waals surface area contributed by atoms with Crippen molar-refractivity contribution >= 4 is 17.5 Å². The molecule has 2 N–H and O–H groups in total. The molecule has 5 heteroatoms. The average Bonchev–Trinajstić information content (AvgIpc) is 2.82. The molecule has 0 aliphatic rings. The van der Waals surface area contributed by atoms with E-state index in [2.05, 4.69) is 10.1 Å².